The summed E-state index contributed by atoms with van der Waals surface area (Å²) in [6.07, 6.45) is 12.0. The number of hydrogen-bond acceptors (Lipinski definition) is 2. The molecule has 100 valence electrons. The monoisotopic (exact) mass is 249 g/mol. The van der Waals surface area contributed by atoms with Gasteiger partial charge in [-0.25, -0.2) is 0 Å². The summed E-state index contributed by atoms with van der Waals surface area (Å²) in [5.74, 6) is -0.316. The maximum atomic E-state index is 12.1. The Balaban J connectivity index is 2.57. The summed E-state index contributed by atoms with van der Waals surface area (Å²) in [7, 11) is 0. The molecule has 2 N–H and O–H groups in total. The zero-order valence-electron chi connectivity index (χ0n) is 11.4. The Morgan fingerprint density at radius 3 is 2.22 bits per heavy atom. The molecule has 0 heterocycles. The lowest BCUT2D eigenvalue weighted by molar-refractivity contribution is -0.123. The second-order valence-corrected chi connectivity index (χ2v) is 5.83. The fourth-order valence-corrected chi connectivity index (χ4v) is 1.93. The van der Waals surface area contributed by atoms with Gasteiger partial charge in [0.15, 0.2) is 0 Å². The lowest BCUT2D eigenvalue weighted by Crippen LogP contribution is -2.42. The highest BCUT2D eigenvalue weighted by molar-refractivity contribution is 5.82. The van der Waals surface area contributed by atoms with Gasteiger partial charge in [-0.3, -0.25) is 4.79 Å². The van der Waals surface area contributed by atoms with Gasteiger partial charge in [-0.15, -0.1) is 0 Å². The molecule has 1 atom stereocenters. The summed E-state index contributed by atoms with van der Waals surface area (Å²) in [5.41, 5.74) is 0.0807. The SMILES string of the molecule is CC(C)(C)C[C@@H](CO)NC(=O)C1C=CC=CC=C1. The van der Waals surface area contributed by atoms with E-state index in [1.54, 1.807) is 0 Å². The second-order valence-electron chi connectivity index (χ2n) is 5.83. The first kappa shape index (κ1) is 14.7. The molecule has 0 saturated heterocycles. The topological polar surface area (TPSA) is 49.3 Å². The molecule has 1 aliphatic rings. The molecule has 1 rings (SSSR count). The van der Waals surface area contributed by atoms with Crippen LogP contribution in [0.15, 0.2) is 36.5 Å². The third-order valence-electron chi connectivity index (χ3n) is 2.70. The highest BCUT2D eigenvalue weighted by Gasteiger charge is 2.22. The molecule has 18 heavy (non-hydrogen) atoms. The molecule has 0 aromatic carbocycles. The van der Waals surface area contributed by atoms with Crippen LogP contribution >= 0.6 is 0 Å². The van der Waals surface area contributed by atoms with Crippen molar-refractivity contribution in [2.45, 2.75) is 33.2 Å². The van der Waals surface area contributed by atoms with Gasteiger partial charge in [-0.2, -0.15) is 0 Å². The van der Waals surface area contributed by atoms with Crippen molar-refractivity contribution >= 4 is 5.91 Å². The highest BCUT2D eigenvalue weighted by atomic mass is 16.3. The largest absolute Gasteiger partial charge is 0.394 e. The molecule has 0 aromatic heterocycles. The van der Waals surface area contributed by atoms with Gasteiger partial charge in [-0.1, -0.05) is 57.2 Å². The molecule has 0 saturated carbocycles. The summed E-state index contributed by atoms with van der Waals surface area (Å²) in [6.45, 7) is 6.26. The fraction of sp³-hybridized carbons (Fsp3) is 0.533. The predicted molar refractivity (Wildman–Crippen MR) is 74.0 cm³/mol. The molecule has 0 radical (unpaired) electrons. The van der Waals surface area contributed by atoms with Gasteiger partial charge in [0.1, 0.15) is 0 Å². The number of hydrogen-bond donors (Lipinski definition) is 2. The lowest BCUT2D eigenvalue weighted by atomic mass is 9.88. The summed E-state index contributed by atoms with van der Waals surface area (Å²) < 4.78 is 0. The van der Waals surface area contributed by atoms with E-state index < -0.39 is 0 Å². The van der Waals surface area contributed by atoms with E-state index in [1.165, 1.54) is 0 Å². The van der Waals surface area contributed by atoms with E-state index in [1.807, 2.05) is 36.5 Å². The normalized spacial score (nSPS) is 17.6. The average molecular weight is 249 g/mol. The first-order chi connectivity index (χ1) is 8.42. The van der Waals surface area contributed by atoms with Crippen molar-refractivity contribution in [1.82, 2.24) is 5.32 Å². The Kier molecular flexibility index (Phi) is 5.35. The van der Waals surface area contributed by atoms with Crippen LogP contribution in [0.5, 0.6) is 0 Å². The molecule has 0 bridgehead atoms. The van der Waals surface area contributed by atoms with E-state index in [0.717, 1.165) is 6.42 Å². The summed E-state index contributed by atoms with van der Waals surface area (Å²) in [6, 6.07) is -0.185. The van der Waals surface area contributed by atoms with E-state index in [0.29, 0.717) is 0 Å². The minimum Gasteiger partial charge on any atom is -0.394 e. The maximum Gasteiger partial charge on any atom is 0.231 e. The zero-order chi connectivity index (χ0) is 13.6. The molecule has 0 fully saturated rings. The zero-order valence-corrected chi connectivity index (χ0v) is 11.4. The molecule has 0 aliphatic heterocycles. The van der Waals surface area contributed by atoms with Gasteiger partial charge in [0, 0.05) is 0 Å². The Morgan fingerprint density at radius 2 is 1.78 bits per heavy atom. The number of nitrogens with one attached hydrogen (secondary N) is 1. The van der Waals surface area contributed by atoms with E-state index in [4.69, 9.17) is 0 Å². The quantitative estimate of drug-likeness (QED) is 0.802. The molecular weight excluding hydrogens is 226 g/mol. The van der Waals surface area contributed by atoms with Gasteiger partial charge in [0.25, 0.3) is 0 Å². The molecule has 1 amide bonds. The maximum absolute atomic E-state index is 12.1. The Bertz CT molecular complexity index is 345. The smallest absolute Gasteiger partial charge is 0.231 e. The number of allylic oxidation sites excluding steroid dienone is 4. The van der Waals surface area contributed by atoms with Crippen molar-refractivity contribution < 1.29 is 9.90 Å². The van der Waals surface area contributed by atoms with Gasteiger partial charge in [0.2, 0.25) is 5.91 Å². The van der Waals surface area contributed by atoms with Gasteiger partial charge < -0.3 is 10.4 Å². The van der Waals surface area contributed by atoms with E-state index in [2.05, 4.69) is 26.1 Å². The van der Waals surface area contributed by atoms with Crippen molar-refractivity contribution in [2.24, 2.45) is 11.3 Å². The van der Waals surface area contributed by atoms with Gasteiger partial charge in [-0.05, 0) is 11.8 Å². The fourth-order valence-electron chi connectivity index (χ4n) is 1.93. The summed E-state index contributed by atoms with van der Waals surface area (Å²) in [5, 5.41) is 12.2. The van der Waals surface area contributed by atoms with Crippen molar-refractivity contribution in [1.29, 1.82) is 0 Å². The van der Waals surface area contributed by atoms with Crippen LogP contribution in [0.25, 0.3) is 0 Å². The first-order valence-corrected chi connectivity index (χ1v) is 6.35. The molecule has 3 heteroatoms. The number of carbonyl (C=O) groups excluding carboxylic acids is 1. The number of amides is 1. The third kappa shape index (κ3) is 5.32. The second kappa shape index (κ2) is 6.55. The number of carbonyl (C=O) groups is 1. The molecule has 3 nitrogen and oxygen atoms in total. The van der Waals surface area contributed by atoms with Crippen molar-refractivity contribution in [2.75, 3.05) is 6.61 Å². The van der Waals surface area contributed by atoms with E-state index in [-0.39, 0.29) is 29.9 Å². The van der Waals surface area contributed by atoms with Crippen LogP contribution in [0.4, 0.5) is 0 Å². The summed E-state index contributed by atoms with van der Waals surface area (Å²) in [4.78, 5) is 12.1. The van der Waals surface area contributed by atoms with Crippen LogP contribution in [0.2, 0.25) is 0 Å². The number of aliphatic hydroxyl groups excluding tert-OH is 1. The van der Waals surface area contributed by atoms with E-state index >= 15 is 0 Å². The molecular formula is C15H23NO2. The van der Waals surface area contributed by atoms with Crippen LogP contribution < -0.4 is 5.32 Å². The van der Waals surface area contributed by atoms with Gasteiger partial charge in [0.05, 0.1) is 18.6 Å². The lowest BCUT2D eigenvalue weighted by Gasteiger charge is -2.26. The van der Waals surface area contributed by atoms with Crippen LogP contribution in [-0.2, 0) is 4.79 Å². The Morgan fingerprint density at radius 1 is 1.22 bits per heavy atom. The number of aliphatic hydroxyl groups is 1. The minimum atomic E-state index is -0.256. The van der Waals surface area contributed by atoms with Crippen LogP contribution in [0.1, 0.15) is 27.2 Å². The van der Waals surface area contributed by atoms with Crippen molar-refractivity contribution in [3.8, 4) is 0 Å². The third-order valence-corrected chi connectivity index (χ3v) is 2.70. The van der Waals surface area contributed by atoms with E-state index in [9.17, 15) is 9.90 Å². The van der Waals surface area contributed by atoms with Gasteiger partial charge >= 0.3 is 0 Å². The van der Waals surface area contributed by atoms with Crippen LogP contribution in [-0.4, -0.2) is 23.7 Å². The predicted octanol–water partition coefficient (Wildman–Crippen LogP) is 2.20. The van der Waals surface area contributed by atoms with Crippen LogP contribution in [0.3, 0.4) is 0 Å². The Hall–Kier alpha value is -1.35. The number of rotatable bonds is 4. The highest BCUT2D eigenvalue weighted by Crippen LogP contribution is 2.21. The molecule has 0 aromatic rings. The van der Waals surface area contributed by atoms with Crippen molar-refractivity contribution in [3.05, 3.63) is 36.5 Å². The standard InChI is InChI=1S/C15H23NO2/c1-15(2,3)10-13(11-17)16-14(18)12-8-6-4-5-7-9-12/h4-9,12-13,17H,10-11H2,1-3H3,(H,16,18)/t13-/m0/s1. The molecule has 0 unspecified atom stereocenters. The molecule has 0 spiro atoms. The average Bonchev–Trinajstić information content (AvgIpc) is 2.54. The van der Waals surface area contributed by atoms with Crippen LogP contribution in [0, 0.1) is 11.3 Å². The first-order valence-electron chi connectivity index (χ1n) is 6.35. The minimum absolute atomic E-state index is 0.0264. The molecule has 1 aliphatic carbocycles. The summed E-state index contributed by atoms with van der Waals surface area (Å²) >= 11 is 0. The van der Waals surface area contributed by atoms with Crippen molar-refractivity contribution in [3.63, 3.8) is 0 Å². The Labute approximate surface area is 109 Å².